The summed E-state index contributed by atoms with van der Waals surface area (Å²) in [6.45, 7) is 5.67. The molecule has 1 fully saturated rings. The molecule has 1 heterocycles. The topological polar surface area (TPSA) is 9.23 Å². The highest BCUT2D eigenvalue weighted by atomic mass is 32.2. The van der Waals surface area contributed by atoms with Gasteiger partial charge in [-0.05, 0) is 68.7 Å². The zero-order valence-corrected chi connectivity index (χ0v) is 29.0. The fourth-order valence-corrected chi connectivity index (χ4v) is 8.95. The second-order valence-electron chi connectivity index (χ2n) is 13.3. The lowest BCUT2D eigenvalue weighted by molar-refractivity contribution is 0.102. The molecule has 0 aromatic heterocycles. The normalized spacial score (nSPS) is 16.2. The van der Waals surface area contributed by atoms with E-state index in [1.165, 1.54) is 199 Å². The van der Waals surface area contributed by atoms with Crippen LogP contribution in [-0.4, -0.2) is 30.0 Å². The number of hydrogen-bond donors (Lipinski definition) is 0. The average Bonchev–Trinajstić information content (AvgIpc) is 3.49. The molecule has 40 heavy (non-hydrogen) atoms. The fourth-order valence-electron chi connectivity index (χ4n) is 6.50. The summed E-state index contributed by atoms with van der Waals surface area (Å²) in [6, 6.07) is 0. The summed E-state index contributed by atoms with van der Waals surface area (Å²) in [5, 5.41) is 0. The molecule has 0 aromatic carbocycles. The van der Waals surface area contributed by atoms with Crippen LogP contribution >= 0.6 is 0 Å². The molecule has 0 bridgehead atoms. The molecule has 240 valence electrons. The van der Waals surface area contributed by atoms with Crippen LogP contribution in [0.2, 0.25) is 0 Å². The molecule has 0 radical (unpaired) electrons. The van der Waals surface area contributed by atoms with Crippen LogP contribution in [0.1, 0.15) is 213 Å². The van der Waals surface area contributed by atoms with Gasteiger partial charge in [-0.2, -0.15) is 0 Å². The van der Waals surface area contributed by atoms with Crippen LogP contribution in [0.5, 0.6) is 0 Å². The van der Waals surface area contributed by atoms with Crippen LogP contribution in [0.25, 0.3) is 0 Å². The monoisotopic (exact) mass is 582 g/mol. The highest BCUT2D eigenvalue weighted by Gasteiger charge is 2.17. The van der Waals surface area contributed by atoms with Gasteiger partial charge in [0.15, 0.2) is 0 Å². The van der Waals surface area contributed by atoms with E-state index in [2.05, 4.69) is 13.8 Å². The third-order valence-electron chi connectivity index (χ3n) is 9.31. The average molecular weight is 582 g/mol. The van der Waals surface area contributed by atoms with E-state index in [1.54, 1.807) is 17.3 Å². The Morgan fingerprint density at radius 1 is 0.425 bits per heavy atom. The lowest BCUT2D eigenvalue weighted by Gasteiger charge is -2.10. The minimum atomic E-state index is 0.608. The molecule has 0 amide bonds. The van der Waals surface area contributed by atoms with Crippen molar-refractivity contribution >= 4 is 10.9 Å². The van der Waals surface area contributed by atoms with E-state index >= 15 is 0 Å². The Hall–Kier alpha value is 0.310. The molecule has 0 aromatic rings. The molecule has 0 aliphatic carbocycles. The molecule has 2 heteroatoms. The third-order valence-corrected chi connectivity index (χ3v) is 11.9. The number of rotatable bonds is 33. The minimum absolute atomic E-state index is 0.608. The summed E-state index contributed by atoms with van der Waals surface area (Å²) < 4.78 is 5.74. The first-order chi connectivity index (χ1) is 19.9. The van der Waals surface area contributed by atoms with Crippen LogP contribution < -0.4 is 0 Å². The van der Waals surface area contributed by atoms with E-state index in [1.807, 2.05) is 0 Å². The van der Waals surface area contributed by atoms with Crippen molar-refractivity contribution < 1.29 is 4.74 Å². The largest absolute Gasteiger partial charge is 0.378 e. The highest BCUT2D eigenvalue weighted by Crippen LogP contribution is 2.20. The summed E-state index contributed by atoms with van der Waals surface area (Å²) in [7, 11) is 0.733. The zero-order valence-electron chi connectivity index (χ0n) is 28.1. The standard InChI is InChI=1S/C38H77OS/c1-3-5-7-9-11-21-25-29-36-40(35-28-24-20-10-8-6-4-2)37-30-26-22-18-16-14-12-13-15-17-19-23-27-32-38-33-31-34-39-38/h38H,3-37H2,1-2H3/q+1. The molecule has 2 atom stereocenters. The van der Waals surface area contributed by atoms with Gasteiger partial charge in [0.2, 0.25) is 0 Å². The van der Waals surface area contributed by atoms with E-state index in [4.69, 9.17) is 4.74 Å². The first-order valence-electron chi connectivity index (χ1n) is 19.1. The second kappa shape index (κ2) is 32.2. The molecule has 1 aliphatic heterocycles. The zero-order chi connectivity index (χ0) is 28.6. The molecular weight excluding hydrogens is 504 g/mol. The van der Waals surface area contributed by atoms with Gasteiger partial charge in [-0.25, -0.2) is 0 Å². The van der Waals surface area contributed by atoms with Crippen molar-refractivity contribution in [1.29, 1.82) is 0 Å². The minimum Gasteiger partial charge on any atom is -0.378 e. The van der Waals surface area contributed by atoms with Gasteiger partial charge in [-0.3, -0.25) is 0 Å². The number of ether oxygens (including phenoxy) is 1. The summed E-state index contributed by atoms with van der Waals surface area (Å²) >= 11 is 0. The summed E-state index contributed by atoms with van der Waals surface area (Å²) in [6.07, 6.45) is 45.7. The molecule has 1 nitrogen and oxygen atoms in total. The predicted octanol–water partition coefficient (Wildman–Crippen LogP) is 13.1. The van der Waals surface area contributed by atoms with Crippen molar-refractivity contribution in [3.8, 4) is 0 Å². The van der Waals surface area contributed by atoms with Gasteiger partial charge in [0.05, 0.1) is 6.10 Å². The molecule has 0 spiro atoms. The molecule has 1 aliphatic rings. The molecule has 2 unspecified atom stereocenters. The lowest BCUT2D eigenvalue weighted by atomic mass is 10.0. The van der Waals surface area contributed by atoms with E-state index in [0.717, 1.165) is 17.5 Å². The maximum atomic E-state index is 5.74. The summed E-state index contributed by atoms with van der Waals surface area (Å²) in [5.41, 5.74) is 0. The van der Waals surface area contributed by atoms with E-state index < -0.39 is 0 Å². The Morgan fingerprint density at radius 2 is 0.750 bits per heavy atom. The SMILES string of the molecule is CCCCCCCCCC[S+](CCCCCCCCC)CCCCCCCCCCCCCCCC1CCCO1. The van der Waals surface area contributed by atoms with Gasteiger partial charge in [-0.15, -0.1) is 0 Å². The van der Waals surface area contributed by atoms with Crippen LogP contribution in [0, 0.1) is 0 Å². The van der Waals surface area contributed by atoms with Crippen molar-refractivity contribution in [1.82, 2.24) is 0 Å². The second-order valence-corrected chi connectivity index (χ2v) is 15.8. The molecule has 0 saturated carbocycles. The van der Waals surface area contributed by atoms with Crippen molar-refractivity contribution in [2.24, 2.45) is 0 Å². The molecule has 0 N–H and O–H groups in total. The lowest BCUT2D eigenvalue weighted by Crippen LogP contribution is -2.17. The maximum absolute atomic E-state index is 5.74. The third kappa shape index (κ3) is 27.2. The van der Waals surface area contributed by atoms with Gasteiger partial charge >= 0.3 is 0 Å². The van der Waals surface area contributed by atoms with Gasteiger partial charge in [0.1, 0.15) is 17.3 Å². The Kier molecular flexibility index (Phi) is 30.9. The van der Waals surface area contributed by atoms with Crippen molar-refractivity contribution in [2.45, 2.75) is 219 Å². The van der Waals surface area contributed by atoms with Gasteiger partial charge in [0.25, 0.3) is 0 Å². The van der Waals surface area contributed by atoms with Crippen LogP contribution in [-0.2, 0) is 15.6 Å². The maximum Gasteiger partial charge on any atom is 0.108 e. The Labute approximate surface area is 257 Å². The summed E-state index contributed by atoms with van der Waals surface area (Å²) in [5.74, 6) is 4.67. The summed E-state index contributed by atoms with van der Waals surface area (Å²) in [4.78, 5) is 0. The van der Waals surface area contributed by atoms with E-state index in [-0.39, 0.29) is 0 Å². The Balaban J connectivity index is 1.95. The Morgan fingerprint density at radius 3 is 1.07 bits per heavy atom. The molecule has 1 saturated heterocycles. The van der Waals surface area contributed by atoms with E-state index in [0.29, 0.717) is 6.10 Å². The Bertz CT molecular complexity index is 460. The van der Waals surface area contributed by atoms with Crippen LogP contribution in [0.3, 0.4) is 0 Å². The molecular formula is C38H77OS+. The first kappa shape index (κ1) is 38.3. The first-order valence-corrected chi connectivity index (χ1v) is 20.9. The number of unbranched alkanes of at least 4 members (excludes halogenated alkanes) is 25. The van der Waals surface area contributed by atoms with Crippen LogP contribution in [0.15, 0.2) is 0 Å². The van der Waals surface area contributed by atoms with Gasteiger partial charge in [-0.1, -0.05) is 155 Å². The van der Waals surface area contributed by atoms with Crippen molar-refractivity contribution in [3.05, 3.63) is 0 Å². The number of hydrogen-bond acceptors (Lipinski definition) is 1. The van der Waals surface area contributed by atoms with Crippen molar-refractivity contribution in [3.63, 3.8) is 0 Å². The quantitative estimate of drug-likeness (QED) is 0.0553. The van der Waals surface area contributed by atoms with Gasteiger partial charge < -0.3 is 4.74 Å². The molecule has 1 rings (SSSR count). The van der Waals surface area contributed by atoms with Gasteiger partial charge in [0, 0.05) is 6.61 Å². The van der Waals surface area contributed by atoms with Crippen molar-refractivity contribution in [2.75, 3.05) is 23.9 Å². The smallest absolute Gasteiger partial charge is 0.108 e. The predicted molar refractivity (Wildman–Crippen MR) is 186 cm³/mol. The fraction of sp³-hybridized carbons (Fsp3) is 1.00. The van der Waals surface area contributed by atoms with Crippen LogP contribution in [0.4, 0.5) is 0 Å². The van der Waals surface area contributed by atoms with E-state index in [9.17, 15) is 0 Å². The highest BCUT2D eigenvalue weighted by molar-refractivity contribution is 7.96.